The summed E-state index contributed by atoms with van der Waals surface area (Å²) >= 11 is 0. The fourth-order valence-corrected chi connectivity index (χ4v) is 3.79. The van der Waals surface area contributed by atoms with Crippen LogP contribution in [0.3, 0.4) is 0 Å². The number of hydrogen-bond donors (Lipinski definition) is 3. The van der Waals surface area contributed by atoms with Gasteiger partial charge in [-0.1, -0.05) is 30.3 Å². The average molecular weight is 402 g/mol. The molecule has 1 aliphatic rings. The molecule has 1 saturated heterocycles. The molecule has 1 fully saturated rings. The van der Waals surface area contributed by atoms with Gasteiger partial charge in [0.25, 0.3) is 0 Å². The molecule has 1 atom stereocenters. The first kappa shape index (κ1) is 21.4. The molecular weight excluding hydrogens is 372 g/mol. The highest BCUT2D eigenvalue weighted by Crippen LogP contribution is 2.32. The van der Waals surface area contributed by atoms with E-state index in [4.69, 9.17) is 9.47 Å². The third-order valence-electron chi connectivity index (χ3n) is 5.72. The summed E-state index contributed by atoms with van der Waals surface area (Å²) in [6.45, 7) is 5.61. The maximum absolute atomic E-state index is 11.9. The number of hydrogen-bond acceptors (Lipinski definition) is 6. The van der Waals surface area contributed by atoms with E-state index >= 15 is 0 Å². The number of carbonyl (C=O) groups is 1. The lowest BCUT2D eigenvalue weighted by molar-refractivity contribution is -0.0372. The Morgan fingerprint density at radius 3 is 2.52 bits per heavy atom. The van der Waals surface area contributed by atoms with Crippen LogP contribution in [0.1, 0.15) is 40.2 Å². The Morgan fingerprint density at radius 1 is 1.24 bits per heavy atom. The van der Waals surface area contributed by atoms with Gasteiger partial charge in [-0.15, -0.1) is 0 Å². The lowest BCUT2D eigenvalue weighted by atomic mass is 9.84. The molecule has 0 spiro atoms. The van der Waals surface area contributed by atoms with Gasteiger partial charge in [-0.2, -0.15) is 0 Å². The van der Waals surface area contributed by atoms with Crippen LogP contribution in [0, 0.1) is 13.8 Å². The molecule has 29 heavy (non-hydrogen) atoms. The Kier molecular flexibility index (Phi) is 6.62. The van der Waals surface area contributed by atoms with E-state index in [1.165, 1.54) is 7.11 Å². The van der Waals surface area contributed by atoms with Crippen molar-refractivity contribution in [2.45, 2.75) is 38.4 Å². The lowest BCUT2D eigenvalue weighted by Gasteiger charge is -2.39. The summed E-state index contributed by atoms with van der Waals surface area (Å²) in [5.74, 6) is -0.0765. The molecule has 7 heteroatoms. The maximum atomic E-state index is 11.9. The predicted octanol–water partition coefficient (Wildman–Crippen LogP) is 2.14. The van der Waals surface area contributed by atoms with Crippen LogP contribution in [0.4, 0.5) is 0 Å². The standard InChI is InChI=1S/C22H30N2O5/c1-15-16(2)23-19(21(26)28-3)20(15)29-14-18(25)13-24-11-9-22(27,10-12-24)17-7-5-4-6-8-17/h4-8,18,23,25,27H,9-14H2,1-3H3. The van der Waals surface area contributed by atoms with Crippen LogP contribution in [0.5, 0.6) is 5.75 Å². The number of H-pyrrole nitrogens is 1. The summed E-state index contributed by atoms with van der Waals surface area (Å²) in [4.78, 5) is 17.0. The molecule has 2 aromatic rings. The van der Waals surface area contributed by atoms with Gasteiger partial charge in [-0.3, -0.25) is 0 Å². The summed E-state index contributed by atoms with van der Waals surface area (Å²) in [6, 6.07) is 9.73. The van der Waals surface area contributed by atoms with Crippen molar-refractivity contribution in [1.82, 2.24) is 9.88 Å². The van der Waals surface area contributed by atoms with Gasteiger partial charge in [0.05, 0.1) is 12.7 Å². The van der Waals surface area contributed by atoms with Crippen LogP contribution in [-0.2, 0) is 10.3 Å². The number of aryl methyl sites for hydroxylation is 1. The van der Waals surface area contributed by atoms with Crippen molar-refractivity contribution in [2.75, 3.05) is 33.4 Å². The van der Waals surface area contributed by atoms with Crippen molar-refractivity contribution in [1.29, 1.82) is 0 Å². The first-order valence-corrected chi connectivity index (χ1v) is 9.92. The molecule has 1 aliphatic heterocycles. The number of aromatic amines is 1. The van der Waals surface area contributed by atoms with Crippen LogP contribution < -0.4 is 4.74 Å². The van der Waals surface area contributed by atoms with Crippen molar-refractivity contribution in [3.63, 3.8) is 0 Å². The Bertz CT molecular complexity index is 825. The summed E-state index contributed by atoms with van der Waals surface area (Å²) in [5.41, 5.74) is 2.04. The molecule has 0 saturated carbocycles. The monoisotopic (exact) mass is 402 g/mol. The molecule has 1 aromatic carbocycles. The van der Waals surface area contributed by atoms with Crippen molar-refractivity contribution in [2.24, 2.45) is 0 Å². The molecule has 158 valence electrons. The topological polar surface area (TPSA) is 95.0 Å². The van der Waals surface area contributed by atoms with E-state index in [0.717, 1.165) is 16.8 Å². The number of esters is 1. The molecule has 0 radical (unpaired) electrons. The predicted molar refractivity (Wildman–Crippen MR) is 109 cm³/mol. The van der Waals surface area contributed by atoms with Crippen LogP contribution in [0.2, 0.25) is 0 Å². The molecule has 0 amide bonds. The van der Waals surface area contributed by atoms with Gasteiger partial charge < -0.3 is 29.6 Å². The Labute approximate surface area is 171 Å². The Hall–Kier alpha value is -2.35. The van der Waals surface area contributed by atoms with E-state index < -0.39 is 17.7 Å². The number of nitrogens with zero attached hydrogens (tertiary/aromatic N) is 1. The molecule has 3 N–H and O–H groups in total. The molecule has 1 unspecified atom stereocenters. The number of likely N-dealkylation sites (tertiary alicyclic amines) is 1. The third kappa shape index (κ3) is 4.80. The zero-order valence-corrected chi connectivity index (χ0v) is 17.3. The third-order valence-corrected chi connectivity index (χ3v) is 5.72. The second-order valence-electron chi connectivity index (χ2n) is 7.73. The number of rotatable bonds is 7. The van der Waals surface area contributed by atoms with Crippen LogP contribution in [0.15, 0.2) is 30.3 Å². The minimum atomic E-state index is -0.811. The SMILES string of the molecule is COC(=O)c1[nH]c(C)c(C)c1OCC(O)CN1CCC(O)(c2ccccc2)CC1. The van der Waals surface area contributed by atoms with Crippen LogP contribution >= 0.6 is 0 Å². The normalized spacial score (nSPS) is 17.7. The number of carbonyl (C=O) groups excluding carboxylic acids is 1. The van der Waals surface area contributed by atoms with Gasteiger partial charge in [0.2, 0.25) is 0 Å². The van der Waals surface area contributed by atoms with Crippen molar-refractivity contribution in [3.8, 4) is 5.75 Å². The quantitative estimate of drug-likeness (QED) is 0.614. The molecule has 0 bridgehead atoms. The molecule has 7 nitrogen and oxygen atoms in total. The van der Waals surface area contributed by atoms with Crippen molar-refractivity contribution < 1.29 is 24.5 Å². The fourth-order valence-electron chi connectivity index (χ4n) is 3.79. The lowest BCUT2D eigenvalue weighted by Crippen LogP contribution is -2.46. The number of aliphatic hydroxyl groups is 2. The van der Waals surface area contributed by atoms with E-state index in [-0.39, 0.29) is 12.3 Å². The van der Waals surface area contributed by atoms with E-state index in [9.17, 15) is 15.0 Å². The average Bonchev–Trinajstić information content (AvgIpc) is 3.02. The summed E-state index contributed by atoms with van der Waals surface area (Å²) in [7, 11) is 1.32. The number of aromatic nitrogens is 1. The minimum absolute atomic E-state index is 0.0710. The maximum Gasteiger partial charge on any atom is 0.358 e. The first-order valence-electron chi connectivity index (χ1n) is 9.92. The fraction of sp³-hybridized carbons (Fsp3) is 0.500. The van der Waals surface area contributed by atoms with Crippen molar-refractivity contribution in [3.05, 3.63) is 52.8 Å². The highest BCUT2D eigenvalue weighted by molar-refractivity contribution is 5.91. The molecule has 0 aliphatic carbocycles. The Balaban J connectivity index is 1.53. The van der Waals surface area contributed by atoms with Crippen LogP contribution in [0.25, 0.3) is 0 Å². The number of nitrogens with one attached hydrogen (secondary N) is 1. The van der Waals surface area contributed by atoms with Crippen LogP contribution in [-0.4, -0.2) is 65.5 Å². The number of aliphatic hydroxyl groups excluding tert-OH is 1. The largest absolute Gasteiger partial charge is 0.488 e. The van der Waals surface area contributed by atoms with E-state index in [2.05, 4.69) is 9.88 Å². The zero-order valence-electron chi connectivity index (χ0n) is 17.3. The molecular formula is C22H30N2O5. The number of ether oxygens (including phenoxy) is 2. The number of piperidine rings is 1. The van der Waals surface area contributed by atoms with Gasteiger partial charge in [0.1, 0.15) is 12.7 Å². The highest BCUT2D eigenvalue weighted by atomic mass is 16.5. The first-order chi connectivity index (χ1) is 13.8. The second-order valence-corrected chi connectivity index (χ2v) is 7.73. The number of benzene rings is 1. The zero-order chi connectivity index (χ0) is 21.0. The summed E-state index contributed by atoms with van der Waals surface area (Å²) in [5, 5.41) is 21.4. The van der Waals surface area contributed by atoms with E-state index in [1.807, 2.05) is 44.2 Å². The Morgan fingerprint density at radius 2 is 1.90 bits per heavy atom. The number of methoxy groups -OCH3 is 1. The smallest absolute Gasteiger partial charge is 0.358 e. The van der Waals surface area contributed by atoms with Gasteiger partial charge >= 0.3 is 5.97 Å². The van der Waals surface area contributed by atoms with E-state index in [0.29, 0.717) is 38.2 Å². The van der Waals surface area contributed by atoms with Gasteiger partial charge in [0, 0.05) is 30.9 Å². The minimum Gasteiger partial charge on any atom is -0.488 e. The molecule has 3 rings (SSSR count). The summed E-state index contributed by atoms with van der Waals surface area (Å²) < 4.78 is 10.6. The van der Waals surface area contributed by atoms with Gasteiger partial charge in [-0.25, -0.2) is 4.79 Å². The molecule has 1 aromatic heterocycles. The van der Waals surface area contributed by atoms with E-state index in [1.54, 1.807) is 0 Å². The highest BCUT2D eigenvalue weighted by Gasteiger charge is 2.34. The molecule has 2 heterocycles. The van der Waals surface area contributed by atoms with Gasteiger partial charge in [0.15, 0.2) is 11.4 Å². The summed E-state index contributed by atoms with van der Waals surface area (Å²) in [6.07, 6.45) is 0.526. The van der Waals surface area contributed by atoms with Crippen molar-refractivity contribution >= 4 is 5.97 Å². The number of β-amino-alcohol motifs (C(OH)–C–C–N with tert-alkyl or cyclic N) is 1. The van der Waals surface area contributed by atoms with Gasteiger partial charge in [-0.05, 0) is 32.3 Å². The second kappa shape index (κ2) is 8.98.